The Balaban J connectivity index is 1.40. The van der Waals surface area contributed by atoms with Gasteiger partial charge in [-0.2, -0.15) is 0 Å². The number of fused-ring (bicyclic) bond motifs is 1. The Labute approximate surface area is 198 Å². The average Bonchev–Trinajstić information content (AvgIpc) is 3.52. The molecule has 0 radical (unpaired) electrons. The van der Waals surface area contributed by atoms with E-state index in [-0.39, 0.29) is 23.7 Å². The van der Waals surface area contributed by atoms with Crippen LogP contribution < -0.4 is 10.1 Å². The number of nitrogens with zero attached hydrogens (tertiary/aromatic N) is 2. The number of methoxy groups -OCH3 is 1. The highest BCUT2D eigenvalue weighted by Gasteiger charge is 2.38. The molecule has 8 heteroatoms. The van der Waals surface area contributed by atoms with Gasteiger partial charge in [0.25, 0.3) is 0 Å². The van der Waals surface area contributed by atoms with Crippen molar-refractivity contribution in [3.05, 3.63) is 54.1 Å². The third-order valence-electron chi connectivity index (χ3n) is 6.81. The minimum absolute atomic E-state index is 0.116. The van der Waals surface area contributed by atoms with E-state index in [0.29, 0.717) is 24.5 Å². The molecule has 2 unspecified atom stereocenters. The highest BCUT2D eigenvalue weighted by atomic mass is 19.1. The summed E-state index contributed by atoms with van der Waals surface area (Å²) >= 11 is 0. The van der Waals surface area contributed by atoms with Crippen molar-refractivity contribution in [2.75, 3.05) is 39.9 Å². The fourth-order valence-electron chi connectivity index (χ4n) is 5.09. The Bertz CT molecular complexity index is 1240. The predicted molar refractivity (Wildman–Crippen MR) is 129 cm³/mol. The minimum atomic E-state index is -0.311. The molecule has 2 N–H and O–H groups in total. The van der Waals surface area contributed by atoms with E-state index in [1.54, 1.807) is 19.4 Å². The smallest absolute Gasteiger partial charge is 0.311 e. The number of halogens is 1. The van der Waals surface area contributed by atoms with Crippen LogP contribution in [0.3, 0.4) is 0 Å². The van der Waals surface area contributed by atoms with Crippen molar-refractivity contribution in [1.82, 2.24) is 20.2 Å². The molecule has 34 heavy (non-hydrogen) atoms. The molecule has 5 rings (SSSR count). The average molecular weight is 465 g/mol. The summed E-state index contributed by atoms with van der Waals surface area (Å²) in [5.41, 5.74) is 4.55. The molecule has 178 valence electrons. The van der Waals surface area contributed by atoms with Crippen LogP contribution in [0.1, 0.15) is 19.0 Å². The van der Waals surface area contributed by atoms with Crippen molar-refractivity contribution >= 4 is 22.6 Å². The maximum Gasteiger partial charge on any atom is 0.311 e. The van der Waals surface area contributed by atoms with Crippen molar-refractivity contribution in [2.45, 2.75) is 19.4 Å². The van der Waals surface area contributed by atoms with Crippen LogP contribution in [0.2, 0.25) is 0 Å². The van der Waals surface area contributed by atoms with Gasteiger partial charge in [0.2, 0.25) is 0 Å². The monoisotopic (exact) mass is 464 g/mol. The number of hydrogen-bond donors (Lipinski definition) is 2. The van der Waals surface area contributed by atoms with E-state index in [4.69, 9.17) is 9.47 Å². The Hall–Kier alpha value is -3.23. The van der Waals surface area contributed by atoms with Crippen LogP contribution in [0.25, 0.3) is 27.7 Å². The first-order valence-electron chi connectivity index (χ1n) is 11.7. The summed E-state index contributed by atoms with van der Waals surface area (Å²) in [6.45, 7) is 5.34. The fraction of sp³-hybridized carbons (Fsp3) is 0.385. The maximum atomic E-state index is 14.0. The van der Waals surface area contributed by atoms with Crippen molar-refractivity contribution in [2.24, 2.45) is 5.92 Å². The lowest BCUT2D eigenvalue weighted by molar-refractivity contribution is -0.149. The number of aromatic nitrogens is 2. The number of esters is 1. The molecular weight excluding hydrogens is 435 g/mol. The van der Waals surface area contributed by atoms with Crippen LogP contribution >= 0.6 is 0 Å². The van der Waals surface area contributed by atoms with Crippen LogP contribution in [0.15, 0.2) is 42.6 Å². The van der Waals surface area contributed by atoms with Crippen LogP contribution in [0.5, 0.6) is 5.75 Å². The number of hydrogen-bond acceptors (Lipinski definition) is 6. The molecule has 7 nitrogen and oxygen atoms in total. The summed E-state index contributed by atoms with van der Waals surface area (Å²) in [5.74, 6) is 0.0601. The van der Waals surface area contributed by atoms with Gasteiger partial charge in [-0.3, -0.25) is 9.69 Å². The number of carbonyl (C=O) groups is 1. The summed E-state index contributed by atoms with van der Waals surface area (Å²) in [6.07, 6.45) is 4.80. The molecule has 0 saturated carbocycles. The molecule has 1 fully saturated rings. The minimum Gasteiger partial charge on any atom is -0.496 e. The standard InChI is InChI=1S/C26H29FN4O3/c1-3-34-26(32)21-14-28-15-23(21)31-10-7-16(8-11-31)22-13-20-18(6-9-29-25(20)30-22)19-12-17(27)4-5-24(19)33-2/h4-7,9,12-13,21,23,28H,3,8,10-11,14-15H2,1-2H3,(H,29,30). The molecule has 0 spiro atoms. The van der Waals surface area contributed by atoms with Crippen LogP contribution in [0.4, 0.5) is 4.39 Å². The van der Waals surface area contributed by atoms with Gasteiger partial charge in [-0.15, -0.1) is 0 Å². The molecule has 2 atom stereocenters. The first-order chi connectivity index (χ1) is 16.6. The van der Waals surface area contributed by atoms with Crippen molar-refractivity contribution < 1.29 is 18.7 Å². The lowest BCUT2D eigenvalue weighted by Gasteiger charge is -2.33. The molecule has 0 bridgehead atoms. The van der Waals surface area contributed by atoms with Crippen molar-refractivity contribution in [3.63, 3.8) is 0 Å². The molecule has 0 amide bonds. The number of benzene rings is 1. The first-order valence-corrected chi connectivity index (χ1v) is 11.7. The van der Waals surface area contributed by atoms with Gasteiger partial charge in [0.1, 0.15) is 17.2 Å². The number of nitrogens with one attached hydrogen (secondary N) is 2. The van der Waals surface area contributed by atoms with Gasteiger partial charge in [-0.1, -0.05) is 6.08 Å². The second kappa shape index (κ2) is 9.56. The fourth-order valence-corrected chi connectivity index (χ4v) is 5.09. The van der Waals surface area contributed by atoms with Crippen molar-refractivity contribution in [1.29, 1.82) is 0 Å². The van der Waals surface area contributed by atoms with E-state index < -0.39 is 0 Å². The van der Waals surface area contributed by atoms with Gasteiger partial charge in [-0.05, 0) is 54.8 Å². The molecule has 1 aromatic carbocycles. The van der Waals surface area contributed by atoms with E-state index in [2.05, 4.69) is 32.3 Å². The zero-order valence-electron chi connectivity index (χ0n) is 19.4. The van der Waals surface area contributed by atoms with Gasteiger partial charge in [0.05, 0.1) is 19.6 Å². The second-order valence-electron chi connectivity index (χ2n) is 8.71. The maximum absolute atomic E-state index is 14.0. The summed E-state index contributed by atoms with van der Waals surface area (Å²) in [5, 5.41) is 4.26. The van der Waals surface area contributed by atoms with E-state index in [1.807, 2.05) is 13.0 Å². The van der Waals surface area contributed by atoms with Crippen LogP contribution in [-0.2, 0) is 9.53 Å². The lowest BCUT2D eigenvalue weighted by atomic mass is 9.97. The van der Waals surface area contributed by atoms with Crippen LogP contribution in [-0.4, -0.2) is 66.8 Å². The Morgan fingerprint density at radius 1 is 1.24 bits per heavy atom. The molecule has 1 saturated heterocycles. The van der Waals surface area contributed by atoms with E-state index in [1.165, 1.54) is 17.7 Å². The molecule has 2 aliphatic heterocycles. The third kappa shape index (κ3) is 4.19. The zero-order chi connectivity index (χ0) is 23.7. The third-order valence-corrected chi connectivity index (χ3v) is 6.81. The number of H-pyrrole nitrogens is 1. The predicted octanol–water partition coefficient (Wildman–Crippen LogP) is 3.62. The SMILES string of the molecule is CCOC(=O)C1CNCC1N1CC=C(c2cc3c(-c4cc(F)ccc4OC)ccnc3[nH]2)CC1. The topological polar surface area (TPSA) is 79.5 Å². The van der Waals surface area contributed by atoms with Gasteiger partial charge in [-0.25, -0.2) is 9.37 Å². The molecule has 2 aromatic heterocycles. The lowest BCUT2D eigenvalue weighted by Crippen LogP contribution is -2.45. The molecule has 2 aliphatic rings. The molecular formula is C26H29FN4O3. The second-order valence-corrected chi connectivity index (χ2v) is 8.71. The Morgan fingerprint density at radius 3 is 2.88 bits per heavy atom. The summed E-state index contributed by atoms with van der Waals surface area (Å²) < 4.78 is 24.8. The summed E-state index contributed by atoms with van der Waals surface area (Å²) in [4.78, 5) is 22.6. The first kappa shape index (κ1) is 22.6. The van der Waals surface area contributed by atoms with E-state index in [0.717, 1.165) is 48.3 Å². The van der Waals surface area contributed by atoms with Crippen LogP contribution in [0, 0.1) is 11.7 Å². The van der Waals surface area contributed by atoms with E-state index >= 15 is 0 Å². The van der Waals surface area contributed by atoms with Gasteiger partial charge < -0.3 is 19.8 Å². The molecule has 4 heterocycles. The summed E-state index contributed by atoms with van der Waals surface area (Å²) in [7, 11) is 1.59. The van der Waals surface area contributed by atoms with Gasteiger partial charge in [0.15, 0.2) is 0 Å². The summed E-state index contributed by atoms with van der Waals surface area (Å²) in [6, 6.07) is 8.65. The quantitative estimate of drug-likeness (QED) is 0.543. The highest BCUT2D eigenvalue weighted by Crippen LogP contribution is 2.36. The van der Waals surface area contributed by atoms with Crippen molar-refractivity contribution in [3.8, 4) is 16.9 Å². The number of rotatable bonds is 6. The normalized spacial score (nSPS) is 21.0. The van der Waals surface area contributed by atoms with Gasteiger partial charge in [0, 0.05) is 55.1 Å². The number of pyridine rings is 1. The molecule has 3 aromatic rings. The highest BCUT2D eigenvalue weighted by molar-refractivity contribution is 5.96. The number of ether oxygens (including phenoxy) is 2. The zero-order valence-corrected chi connectivity index (χ0v) is 19.4. The van der Waals surface area contributed by atoms with E-state index in [9.17, 15) is 9.18 Å². The van der Waals surface area contributed by atoms with Gasteiger partial charge >= 0.3 is 5.97 Å². The Kier molecular flexibility index (Phi) is 6.34. The number of aromatic amines is 1. The largest absolute Gasteiger partial charge is 0.496 e. The Morgan fingerprint density at radius 2 is 2.12 bits per heavy atom. The molecule has 0 aliphatic carbocycles. The number of carbonyl (C=O) groups excluding carboxylic acids is 1.